The number of carbonyl (C=O) groups is 2. The van der Waals surface area contributed by atoms with Crippen LogP contribution in [0.1, 0.15) is 30.4 Å². The predicted molar refractivity (Wildman–Crippen MR) is 133 cm³/mol. The van der Waals surface area contributed by atoms with Gasteiger partial charge in [-0.3, -0.25) is 9.59 Å². The minimum Gasteiger partial charge on any atom is -0.489 e. The van der Waals surface area contributed by atoms with Gasteiger partial charge in [-0.1, -0.05) is 39.6 Å². The Kier molecular flexibility index (Phi) is 6.72. The van der Waals surface area contributed by atoms with E-state index in [1.165, 1.54) is 11.8 Å². The number of aromatic nitrogens is 1. The van der Waals surface area contributed by atoms with Gasteiger partial charge in [0.2, 0.25) is 0 Å². The van der Waals surface area contributed by atoms with Crippen molar-refractivity contribution in [1.29, 1.82) is 0 Å². The molecule has 0 saturated heterocycles. The minimum absolute atomic E-state index is 0.0273. The number of aryl methyl sites for hydroxylation is 1. The quantitative estimate of drug-likeness (QED) is 0.325. The van der Waals surface area contributed by atoms with Gasteiger partial charge >= 0.3 is 0 Å². The van der Waals surface area contributed by atoms with Crippen molar-refractivity contribution in [3.05, 3.63) is 41.3 Å². The second-order valence-corrected chi connectivity index (χ2v) is 8.85. The van der Waals surface area contributed by atoms with Crippen LogP contribution >= 0.6 is 22.6 Å². The standard InChI is InChI=1S/C23H22IN5O5/c1-13-8-20(28-34-13)23(2,32)7-6-14-4-5-19-18(9-14)29(3)22(31)17(12-33-19)25-21(30)16-10-15(11-24)26-27-16/h4-5,8-9,17,32H,10-12H2,1-3H3,(H,25,30)/t17-,23+/m0/s1. The summed E-state index contributed by atoms with van der Waals surface area (Å²) in [6.07, 6.45) is 0.367. The highest BCUT2D eigenvalue weighted by Crippen LogP contribution is 2.31. The first kappa shape index (κ1) is 23.9. The van der Waals surface area contributed by atoms with Crippen LogP contribution in [0.2, 0.25) is 0 Å². The number of amides is 2. The Labute approximate surface area is 209 Å². The fraction of sp³-hybridized carbons (Fsp3) is 0.348. The van der Waals surface area contributed by atoms with E-state index in [1.807, 2.05) is 0 Å². The van der Waals surface area contributed by atoms with Crippen LogP contribution in [0.4, 0.5) is 5.69 Å². The summed E-state index contributed by atoms with van der Waals surface area (Å²) >= 11 is 2.16. The van der Waals surface area contributed by atoms with Crippen LogP contribution < -0.4 is 15.0 Å². The number of aliphatic hydroxyl groups is 1. The Bertz CT molecular complexity index is 1270. The predicted octanol–water partition coefficient (Wildman–Crippen LogP) is 1.72. The van der Waals surface area contributed by atoms with E-state index >= 15 is 0 Å². The van der Waals surface area contributed by atoms with Crippen molar-refractivity contribution in [2.45, 2.75) is 31.9 Å². The molecular weight excluding hydrogens is 553 g/mol. The Balaban J connectivity index is 1.50. The van der Waals surface area contributed by atoms with Gasteiger partial charge in [-0.25, -0.2) is 0 Å². The Morgan fingerprint density at radius 2 is 2.18 bits per heavy atom. The summed E-state index contributed by atoms with van der Waals surface area (Å²) in [4.78, 5) is 27.0. The summed E-state index contributed by atoms with van der Waals surface area (Å²) in [7, 11) is 1.60. The summed E-state index contributed by atoms with van der Waals surface area (Å²) < 4.78 is 11.5. The van der Waals surface area contributed by atoms with Crippen LogP contribution in [-0.2, 0) is 15.2 Å². The van der Waals surface area contributed by atoms with E-state index in [-0.39, 0.29) is 18.2 Å². The number of nitrogens with one attached hydrogen (secondary N) is 1. The van der Waals surface area contributed by atoms with Crippen molar-refractivity contribution in [1.82, 2.24) is 10.5 Å². The Morgan fingerprint density at radius 1 is 1.38 bits per heavy atom. The van der Waals surface area contributed by atoms with Gasteiger partial charge in [0.05, 0.1) is 11.4 Å². The highest BCUT2D eigenvalue weighted by atomic mass is 127. The van der Waals surface area contributed by atoms with Gasteiger partial charge < -0.3 is 24.6 Å². The van der Waals surface area contributed by atoms with Crippen molar-refractivity contribution < 1.29 is 24.0 Å². The number of carbonyl (C=O) groups excluding carboxylic acids is 2. The second kappa shape index (κ2) is 9.55. The van der Waals surface area contributed by atoms with Gasteiger partial charge in [-0.2, -0.15) is 5.10 Å². The number of likely N-dealkylation sites (N-methyl/N-ethyl adjacent to an activating group) is 1. The average Bonchev–Trinajstić information content (AvgIpc) is 3.47. The summed E-state index contributed by atoms with van der Waals surface area (Å²) in [5, 5.41) is 25.0. The van der Waals surface area contributed by atoms with E-state index in [4.69, 9.17) is 9.26 Å². The van der Waals surface area contributed by atoms with Gasteiger partial charge in [-0.15, -0.1) is 5.10 Å². The number of hydrogen-bond acceptors (Lipinski definition) is 8. The summed E-state index contributed by atoms with van der Waals surface area (Å²) in [5.41, 5.74) is 0.945. The number of hydrogen-bond donors (Lipinski definition) is 2. The second-order valence-electron chi connectivity index (χ2n) is 8.09. The zero-order chi connectivity index (χ0) is 24.5. The number of halogens is 1. The molecule has 0 radical (unpaired) electrons. The molecule has 11 heteroatoms. The zero-order valence-electron chi connectivity index (χ0n) is 18.8. The molecule has 1 aromatic heterocycles. The van der Waals surface area contributed by atoms with Crippen LogP contribution in [0.15, 0.2) is 39.0 Å². The largest absolute Gasteiger partial charge is 0.489 e. The third kappa shape index (κ3) is 4.97. The third-order valence-electron chi connectivity index (χ3n) is 5.34. The molecule has 2 N–H and O–H groups in total. The van der Waals surface area contributed by atoms with Crippen molar-refractivity contribution in [3.8, 4) is 17.6 Å². The highest BCUT2D eigenvalue weighted by Gasteiger charge is 2.32. The lowest BCUT2D eigenvalue weighted by Crippen LogP contribution is -2.51. The molecule has 2 amide bonds. The number of alkyl halides is 1. The van der Waals surface area contributed by atoms with Gasteiger partial charge in [0, 0.05) is 29.5 Å². The molecule has 1 aromatic carbocycles. The summed E-state index contributed by atoms with van der Waals surface area (Å²) in [6.45, 7) is 3.22. The lowest BCUT2D eigenvalue weighted by molar-refractivity contribution is -0.124. The first-order chi connectivity index (χ1) is 16.2. The van der Waals surface area contributed by atoms with Crippen molar-refractivity contribution in [3.63, 3.8) is 0 Å². The molecule has 0 spiro atoms. The Hall–Kier alpha value is -3.24. The molecule has 2 atom stereocenters. The normalized spacial score (nSPS) is 19.0. The maximum absolute atomic E-state index is 13.1. The summed E-state index contributed by atoms with van der Waals surface area (Å²) in [6, 6.07) is 5.84. The third-order valence-corrected chi connectivity index (χ3v) is 6.22. The van der Waals surface area contributed by atoms with E-state index < -0.39 is 17.6 Å². The molecule has 0 aliphatic carbocycles. The molecular formula is C23H22IN5O5. The van der Waals surface area contributed by atoms with Crippen molar-refractivity contribution >= 4 is 51.5 Å². The lowest BCUT2D eigenvalue weighted by Gasteiger charge is -2.20. The average molecular weight is 575 g/mol. The fourth-order valence-corrected chi connectivity index (χ4v) is 3.79. The monoisotopic (exact) mass is 575 g/mol. The molecule has 34 heavy (non-hydrogen) atoms. The molecule has 3 heterocycles. The van der Waals surface area contributed by atoms with E-state index in [0.29, 0.717) is 39.3 Å². The van der Waals surface area contributed by atoms with Crippen molar-refractivity contribution in [2.24, 2.45) is 10.2 Å². The number of nitrogens with zero attached hydrogens (tertiary/aromatic N) is 4. The van der Waals surface area contributed by atoms with Gasteiger partial charge in [0.1, 0.15) is 35.6 Å². The summed E-state index contributed by atoms with van der Waals surface area (Å²) in [5.74, 6) is 5.97. The first-order valence-corrected chi connectivity index (χ1v) is 11.9. The van der Waals surface area contributed by atoms with Crippen LogP contribution in [0.25, 0.3) is 0 Å². The minimum atomic E-state index is -1.51. The molecule has 0 fully saturated rings. The van der Waals surface area contributed by atoms with E-state index in [0.717, 1.165) is 5.71 Å². The van der Waals surface area contributed by atoms with Gasteiger partial charge in [-0.05, 0) is 32.0 Å². The molecule has 10 nitrogen and oxygen atoms in total. The fourth-order valence-electron chi connectivity index (χ4n) is 3.37. The van der Waals surface area contributed by atoms with Gasteiger partial charge in [0.15, 0.2) is 5.60 Å². The number of fused-ring (bicyclic) bond motifs is 1. The topological polar surface area (TPSA) is 130 Å². The van der Waals surface area contributed by atoms with E-state index in [2.05, 4.69) is 55.1 Å². The number of anilines is 1. The molecule has 2 aliphatic rings. The lowest BCUT2D eigenvalue weighted by atomic mass is 10.0. The highest BCUT2D eigenvalue weighted by molar-refractivity contribution is 14.1. The molecule has 4 rings (SSSR count). The van der Waals surface area contributed by atoms with E-state index in [9.17, 15) is 14.7 Å². The maximum atomic E-state index is 13.1. The van der Waals surface area contributed by atoms with Crippen LogP contribution in [-0.4, -0.2) is 57.6 Å². The van der Waals surface area contributed by atoms with E-state index in [1.54, 1.807) is 38.2 Å². The molecule has 2 aromatic rings. The smallest absolute Gasteiger partial charge is 0.268 e. The molecule has 0 saturated carbocycles. The SMILES string of the molecule is Cc1cc([C@](C)(O)C#Cc2ccc3c(c2)N(C)C(=O)[C@@H](NC(=O)C2=NN=C(CI)C2)CO3)no1. The first-order valence-electron chi connectivity index (χ1n) is 10.4. The molecule has 0 unspecified atom stereocenters. The number of ether oxygens (including phenoxy) is 1. The van der Waals surface area contributed by atoms with Crippen molar-refractivity contribution in [2.75, 3.05) is 23.0 Å². The maximum Gasteiger partial charge on any atom is 0.268 e. The van der Waals surface area contributed by atoms with Gasteiger partial charge in [0.25, 0.3) is 11.8 Å². The number of benzene rings is 1. The Morgan fingerprint density at radius 3 is 2.85 bits per heavy atom. The zero-order valence-corrected chi connectivity index (χ0v) is 20.9. The van der Waals surface area contributed by atoms with Crippen LogP contribution in [0, 0.1) is 18.8 Å². The van der Waals surface area contributed by atoms with Crippen LogP contribution in [0.5, 0.6) is 5.75 Å². The molecule has 176 valence electrons. The molecule has 0 bridgehead atoms. The van der Waals surface area contributed by atoms with Crippen LogP contribution in [0.3, 0.4) is 0 Å². The molecule has 2 aliphatic heterocycles. The number of rotatable bonds is 4.